The molecule has 3 aromatic carbocycles. The van der Waals surface area contributed by atoms with Crippen molar-refractivity contribution in [2.24, 2.45) is 5.73 Å². The van der Waals surface area contributed by atoms with Crippen LogP contribution in [0.2, 0.25) is 10.0 Å². The van der Waals surface area contributed by atoms with Gasteiger partial charge in [0.15, 0.2) is 11.5 Å². The second-order valence-electron chi connectivity index (χ2n) is 8.36. The lowest BCUT2D eigenvalue weighted by Gasteiger charge is -2.27. The zero-order valence-electron chi connectivity index (χ0n) is 20.8. The molecule has 0 spiro atoms. The number of thiophene rings is 1. The van der Waals surface area contributed by atoms with Gasteiger partial charge < -0.3 is 29.4 Å². The molecule has 0 saturated heterocycles. The Kier molecular flexibility index (Phi) is 7.19. The fourth-order valence-electron chi connectivity index (χ4n) is 4.43. The van der Waals surface area contributed by atoms with Gasteiger partial charge in [0.1, 0.15) is 28.0 Å². The minimum Gasteiger partial charge on any atom is -0.493 e. The zero-order chi connectivity index (χ0) is 27.8. The molecule has 5 rings (SSSR count). The molecule has 2 N–H and O–H groups in total. The summed E-state index contributed by atoms with van der Waals surface area (Å²) in [7, 11) is 4.52. The number of halogens is 2. The predicted octanol–water partition coefficient (Wildman–Crippen LogP) is 6.67. The van der Waals surface area contributed by atoms with Crippen LogP contribution in [0.1, 0.15) is 26.7 Å². The van der Waals surface area contributed by atoms with Gasteiger partial charge in [0.2, 0.25) is 11.6 Å². The molecule has 1 aliphatic heterocycles. The van der Waals surface area contributed by atoms with Gasteiger partial charge in [0, 0.05) is 26.7 Å². The monoisotopic (exact) mass is 582 g/mol. The molecule has 1 aromatic heterocycles. The van der Waals surface area contributed by atoms with E-state index in [4.69, 9.17) is 52.6 Å². The molecule has 0 saturated carbocycles. The number of benzene rings is 3. The van der Waals surface area contributed by atoms with Crippen LogP contribution in [0.5, 0.6) is 28.7 Å². The number of nitrogens with two attached hydrogens (primary N) is 1. The van der Waals surface area contributed by atoms with Crippen molar-refractivity contribution < 1.29 is 28.5 Å². The highest BCUT2D eigenvalue weighted by molar-refractivity contribution is 7.21. The van der Waals surface area contributed by atoms with E-state index >= 15 is 0 Å². The highest BCUT2D eigenvalue weighted by Crippen LogP contribution is 2.48. The van der Waals surface area contributed by atoms with Crippen LogP contribution in [0.4, 0.5) is 0 Å². The van der Waals surface area contributed by atoms with Crippen LogP contribution in [-0.4, -0.2) is 27.3 Å². The number of hydrogen-bond donors (Lipinski definition) is 1. The molecule has 1 unspecified atom stereocenters. The number of allylic oxidation sites excluding steroid dienone is 1. The van der Waals surface area contributed by atoms with Crippen molar-refractivity contribution in [3.8, 4) is 34.8 Å². The second-order valence-corrected chi connectivity index (χ2v) is 10.2. The maximum absolute atomic E-state index is 13.0. The van der Waals surface area contributed by atoms with E-state index in [9.17, 15) is 10.1 Å². The molecule has 0 aliphatic carbocycles. The van der Waals surface area contributed by atoms with Crippen molar-refractivity contribution in [2.75, 3.05) is 21.3 Å². The zero-order valence-corrected chi connectivity index (χ0v) is 23.2. The summed E-state index contributed by atoms with van der Waals surface area (Å²) in [6.45, 7) is 0. The van der Waals surface area contributed by atoms with Crippen molar-refractivity contribution in [3.05, 3.63) is 86.0 Å². The lowest BCUT2D eigenvalue weighted by atomic mass is 9.83. The quantitative estimate of drug-likeness (QED) is 0.198. The predicted molar refractivity (Wildman–Crippen MR) is 149 cm³/mol. The Bertz CT molecular complexity index is 1680. The number of carbonyl (C=O) groups is 1. The first-order valence-electron chi connectivity index (χ1n) is 11.4. The summed E-state index contributed by atoms with van der Waals surface area (Å²) in [5, 5.41) is 11.5. The van der Waals surface area contributed by atoms with E-state index in [1.165, 1.54) is 38.7 Å². The molecular weight excluding hydrogens is 563 g/mol. The second kappa shape index (κ2) is 10.6. The number of hydrogen-bond acceptors (Lipinski definition) is 9. The van der Waals surface area contributed by atoms with Gasteiger partial charge in [-0.25, -0.2) is 4.79 Å². The van der Waals surface area contributed by atoms with Gasteiger partial charge in [-0.05, 0) is 35.9 Å². The van der Waals surface area contributed by atoms with Crippen LogP contribution in [0.15, 0.2) is 60.0 Å². The van der Waals surface area contributed by atoms with E-state index in [-0.39, 0.29) is 22.1 Å². The third-order valence-electron chi connectivity index (χ3n) is 6.20. The van der Waals surface area contributed by atoms with E-state index in [1.807, 2.05) is 0 Å². The van der Waals surface area contributed by atoms with E-state index in [1.54, 1.807) is 42.5 Å². The van der Waals surface area contributed by atoms with Crippen LogP contribution in [0.25, 0.3) is 10.1 Å². The number of carbonyl (C=O) groups excluding carboxylic acids is 1. The van der Waals surface area contributed by atoms with E-state index < -0.39 is 11.9 Å². The molecule has 198 valence electrons. The molecule has 39 heavy (non-hydrogen) atoms. The highest BCUT2D eigenvalue weighted by Gasteiger charge is 2.33. The van der Waals surface area contributed by atoms with Gasteiger partial charge in [0.25, 0.3) is 0 Å². The van der Waals surface area contributed by atoms with Crippen molar-refractivity contribution in [1.82, 2.24) is 0 Å². The fraction of sp³-hybridized carbons (Fsp3) is 0.143. The SMILES string of the molecule is COc1cc(C2C(C#N)=C(N)Oc3cc(OC(=O)c4sc5cc(Cl)ccc5c4Cl)ccc32)cc(OC)c1OC. The number of ether oxygens (including phenoxy) is 5. The average molecular weight is 583 g/mol. The Balaban J connectivity index is 1.53. The largest absolute Gasteiger partial charge is 0.493 e. The Morgan fingerprint density at radius 1 is 1.03 bits per heavy atom. The van der Waals surface area contributed by atoms with Crippen LogP contribution in [0, 0.1) is 11.3 Å². The van der Waals surface area contributed by atoms with Gasteiger partial charge >= 0.3 is 5.97 Å². The molecular formula is C28H20Cl2N2O6S. The molecule has 11 heteroatoms. The van der Waals surface area contributed by atoms with Gasteiger partial charge in [-0.2, -0.15) is 5.26 Å². The smallest absolute Gasteiger partial charge is 0.355 e. The first kappa shape index (κ1) is 26.5. The number of rotatable bonds is 6. The van der Waals surface area contributed by atoms with E-state index in [0.29, 0.717) is 49.6 Å². The molecule has 1 atom stereocenters. The standard InChI is InChI=1S/C28H20Cl2N2O6S/c1-34-20-8-13(9-21(35-2)25(20)36-3)23-16-7-5-15(11-19(16)38-27(32)18(23)12-31)37-28(33)26-24(30)17-6-4-14(29)10-22(17)39-26/h4-11,23H,32H2,1-3H3. The lowest BCUT2D eigenvalue weighted by molar-refractivity contribution is 0.0740. The van der Waals surface area contributed by atoms with Gasteiger partial charge in [0.05, 0.1) is 32.3 Å². The summed E-state index contributed by atoms with van der Waals surface area (Å²) in [6.07, 6.45) is 0. The molecule has 0 radical (unpaired) electrons. The number of esters is 1. The van der Waals surface area contributed by atoms with Crippen molar-refractivity contribution in [2.45, 2.75) is 5.92 Å². The highest BCUT2D eigenvalue weighted by atomic mass is 35.5. The Morgan fingerprint density at radius 2 is 1.74 bits per heavy atom. The van der Waals surface area contributed by atoms with E-state index in [0.717, 1.165) is 4.70 Å². The number of nitrogens with zero attached hydrogens (tertiary/aromatic N) is 1. The topological polar surface area (TPSA) is 113 Å². The van der Waals surface area contributed by atoms with Crippen LogP contribution >= 0.6 is 34.5 Å². The molecule has 0 bridgehead atoms. The summed E-state index contributed by atoms with van der Waals surface area (Å²) in [5.74, 6) is 0.472. The van der Waals surface area contributed by atoms with Crippen LogP contribution < -0.4 is 29.4 Å². The Morgan fingerprint density at radius 3 is 2.38 bits per heavy atom. The van der Waals surface area contributed by atoms with Gasteiger partial charge in [-0.1, -0.05) is 35.3 Å². The summed E-state index contributed by atoms with van der Waals surface area (Å²) in [5.41, 5.74) is 7.66. The number of fused-ring (bicyclic) bond motifs is 2. The van der Waals surface area contributed by atoms with Crippen molar-refractivity contribution in [1.29, 1.82) is 5.26 Å². The van der Waals surface area contributed by atoms with Crippen LogP contribution in [0.3, 0.4) is 0 Å². The molecule has 8 nitrogen and oxygen atoms in total. The van der Waals surface area contributed by atoms with Crippen molar-refractivity contribution >= 4 is 50.6 Å². The first-order valence-corrected chi connectivity index (χ1v) is 13.0. The summed E-state index contributed by atoms with van der Waals surface area (Å²) in [6, 6.07) is 15.7. The summed E-state index contributed by atoms with van der Waals surface area (Å²) in [4.78, 5) is 13.3. The third-order valence-corrected chi connectivity index (χ3v) is 8.07. The molecule has 4 aromatic rings. The Hall–Kier alpha value is -4.10. The van der Waals surface area contributed by atoms with Gasteiger partial charge in [-0.15, -0.1) is 11.3 Å². The first-order chi connectivity index (χ1) is 18.8. The number of nitriles is 1. The van der Waals surface area contributed by atoms with E-state index in [2.05, 4.69) is 6.07 Å². The Labute approximate surface area is 237 Å². The van der Waals surface area contributed by atoms with Crippen LogP contribution in [-0.2, 0) is 0 Å². The maximum atomic E-state index is 13.0. The molecule has 2 heterocycles. The molecule has 1 aliphatic rings. The normalized spacial score (nSPS) is 14.3. The third kappa shape index (κ3) is 4.68. The minimum absolute atomic E-state index is 0.0725. The van der Waals surface area contributed by atoms with Gasteiger partial charge in [-0.3, -0.25) is 0 Å². The summed E-state index contributed by atoms with van der Waals surface area (Å²) < 4.78 is 28.6. The average Bonchev–Trinajstić information content (AvgIpc) is 3.26. The summed E-state index contributed by atoms with van der Waals surface area (Å²) >= 11 is 13.7. The van der Waals surface area contributed by atoms with Crippen molar-refractivity contribution in [3.63, 3.8) is 0 Å². The maximum Gasteiger partial charge on any atom is 0.355 e. The lowest BCUT2D eigenvalue weighted by Crippen LogP contribution is -2.21. The number of methoxy groups -OCH3 is 3. The fourth-order valence-corrected chi connectivity index (χ4v) is 6.09. The minimum atomic E-state index is -0.629. The molecule has 0 amide bonds. The molecule has 0 fully saturated rings.